The third-order valence-corrected chi connectivity index (χ3v) is 2.05. The summed E-state index contributed by atoms with van der Waals surface area (Å²) in [4.78, 5) is 7.13. The molecular weight excluding hydrogens is 218 g/mol. The zero-order valence-corrected chi connectivity index (χ0v) is 7.59. The molecule has 0 radical (unpaired) electrons. The number of halogens is 1. The van der Waals surface area contributed by atoms with Crippen LogP contribution in [0.4, 0.5) is 0 Å². The Hall–Kier alpha value is -1.34. The second kappa shape index (κ2) is 2.61. The van der Waals surface area contributed by atoms with Gasteiger partial charge in [-0.1, -0.05) is 0 Å². The first kappa shape index (κ1) is 7.32. The SMILES string of the molecule is N#Cc1c[nH]c2ccc(Br)nc12. The summed E-state index contributed by atoms with van der Waals surface area (Å²) in [5.41, 5.74) is 2.17. The number of H-pyrrole nitrogens is 1. The molecule has 2 rings (SSSR count). The summed E-state index contributed by atoms with van der Waals surface area (Å²) in [5, 5.41) is 8.69. The number of nitrogens with one attached hydrogen (secondary N) is 1. The van der Waals surface area contributed by atoms with Crippen molar-refractivity contribution in [3.8, 4) is 6.07 Å². The van der Waals surface area contributed by atoms with Crippen molar-refractivity contribution < 1.29 is 0 Å². The average Bonchev–Trinajstić information content (AvgIpc) is 2.46. The lowest BCUT2D eigenvalue weighted by molar-refractivity contribution is 1.35. The van der Waals surface area contributed by atoms with Crippen molar-refractivity contribution in [2.24, 2.45) is 0 Å². The molecule has 0 amide bonds. The zero-order chi connectivity index (χ0) is 8.55. The highest BCUT2D eigenvalue weighted by molar-refractivity contribution is 9.10. The fourth-order valence-electron chi connectivity index (χ4n) is 1.06. The largest absolute Gasteiger partial charge is 0.359 e. The molecule has 3 nitrogen and oxygen atoms in total. The molecular formula is C8H4BrN3. The lowest BCUT2D eigenvalue weighted by Crippen LogP contribution is -1.77. The van der Waals surface area contributed by atoms with Gasteiger partial charge in [-0.15, -0.1) is 0 Å². The summed E-state index contributed by atoms with van der Waals surface area (Å²) in [7, 11) is 0. The Morgan fingerprint density at radius 2 is 2.33 bits per heavy atom. The van der Waals surface area contributed by atoms with Gasteiger partial charge in [-0.25, -0.2) is 4.98 Å². The van der Waals surface area contributed by atoms with E-state index < -0.39 is 0 Å². The molecule has 58 valence electrons. The van der Waals surface area contributed by atoms with Gasteiger partial charge in [0.15, 0.2) is 0 Å². The standard InChI is InChI=1S/C8H4BrN3/c9-7-2-1-6-8(12-7)5(3-10)4-11-6/h1-2,4,11H. The van der Waals surface area contributed by atoms with Crippen LogP contribution in [-0.4, -0.2) is 9.97 Å². The van der Waals surface area contributed by atoms with E-state index in [4.69, 9.17) is 5.26 Å². The summed E-state index contributed by atoms with van der Waals surface area (Å²) in [6.07, 6.45) is 1.66. The molecule has 0 atom stereocenters. The maximum Gasteiger partial charge on any atom is 0.107 e. The maximum atomic E-state index is 8.69. The molecule has 1 N–H and O–H groups in total. The topological polar surface area (TPSA) is 52.5 Å². The number of hydrogen-bond donors (Lipinski definition) is 1. The van der Waals surface area contributed by atoms with E-state index in [0.717, 1.165) is 10.1 Å². The Balaban J connectivity index is 2.86. The van der Waals surface area contributed by atoms with Gasteiger partial charge in [-0.3, -0.25) is 0 Å². The number of nitriles is 1. The second-order valence-corrected chi connectivity index (χ2v) is 3.16. The van der Waals surface area contributed by atoms with E-state index in [1.165, 1.54) is 0 Å². The monoisotopic (exact) mass is 221 g/mol. The molecule has 0 aliphatic rings. The van der Waals surface area contributed by atoms with E-state index in [2.05, 4.69) is 32.0 Å². The highest BCUT2D eigenvalue weighted by Crippen LogP contribution is 2.17. The Kier molecular flexibility index (Phi) is 1.59. The van der Waals surface area contributed by atoms with E-state index >= 15 is 0 Å². The van der Waals surface area contributed by atoms with Crippen LogP contribution in [0.1, 0.15) is 5.56 Å². The van der Waals surface area contributed by atoms with Crippen LogP contribution < -0.4 is 0 Å². The molecule has 2 aromatic heterocycles. The van der Waals surface area contributed by atoms with Gasteiger partial charge >= 0.3 is 0 Å². The van der Waals surface area contributed by atoms with E-state index in [-0.39, 0.29) is 0 Å². The first-order valence-electron chi connectivity index (χ1n) is 3.35. The van der Waals surface area contributed by atoms with Crippen molar-refractivity contribution >= 4 is 27.0 Å². The van der Waals surface area contributed by atoms with Gasteiger partial charge in [0.25, 0.3) is 0 Å². The van der Waals surface area contributed by atoms with Gasteiger partial charge in [0, 0.05) is 6.20 Å². The number of pyridine rings is 1. The van der Waals surface area contributed by atoms with Crippen molar-refractivity contribution in [2.45, 2.75) is 0 Å². The van der Waals surface area contributed by atoms with Gasteiger partial charge < -0.3 is 4.98 Å². The molecule has 12 heavy (non-hydrogen) atoms. The predicted octanol–water partition coefficient (Wildman–Crippen LogP) is 2.20. The van der Waals surface area contributed by atoms with Crippen molar-refractivity contribution in [1.29, 1.82) is 5.26 Å². The van der Waals surface area contributed by atoms with Crippen molar-refractivity contribution in [3.63, 3.8) is 0 Å². The minimum absolute atomic E-state index is 0.575. The highest BCUT2D eigenvalue weighted by Gasteiger charge is 2.03. The Bertz CT molecular complexity index is 467. The van der Waals surface area contributed by atoms with Crippen LogP contribution in [0.15, 0.2) is 22.9 Å². The van der Waals surface area contributed by atoms with Crippen molar-refractivity contribution in [2.75, 3.05) is 0 Å². The zero-order valence-electron chi connectivity index (χ0n) is 6.00. The quantitative estimate of drug-likeness (QED) is 0.694. The summed E-state index contributed by atoms with van der Waals surface area (Å²) < 4.78 is 0.742. The lowest BCUT2D eigenvalue weighted by Gasteiger charge is -1.89. The molecule has 0 bridgehead atoms. The van der Waals surface area contributed by atoms with Crippen LogP contribution in [0.5, 0.6) is 0 Å². The Morgan fingerprint density at radius 1 is 1.50 bits per heavy atom. The average molecular weight is 222 g/mol. The van der Waals surface area contributed by atoms with Gasteiger partial charge in [0.05, 0.1) is 11.1 Å². The fraction of sp³-hybridized carbons (Fsp3) is 0. The van der Waals surface area contributed by atoms with Gasteiger partial charge in [-0.05, 0) is 28.1 Å². The summed E-state index contributed by atoms with van der Waals surface area (Å²) in [6.45, 7) is 0. The van der Waals surface area contributed by atoms with Gasteiger partial charge in [0.2, 0.25) is 0 Å². The molecule has 2 heterocycles. The third kappa shape index (κ3) is 0.990. The molecule has 2 aromatic rings. The summed E-state index contributed by atoms with van der Waals surface area (Å²) in [5.74, 6) is 0. The van der Waals surface area contributed by atoms with Crippen LogP contribution in [-0.2, 0) is 0 Å². The van der Waals surface area contributed by atoms with Crippen LogP contribution in [0, 0.1) is 11.3 Å². The smallest absolute Gasteiger partial charge is 0.107 e. The van der Waals surface area contributed by atoms with E-state index in [9.17, 15) is 0 Å². The summed E-state index contributed by atoms with van der Waals surface area (Å²) in [6, 6.07) is 5.78. The molecule has 0 unspecified atom stereocenters. The predicted molar refractivity (Wildman–Crippen MR) is 48.5 cm³/mol. The maximum absolute atomic E-state index is 8.69. The molecule has 0 aliphatic heterocycles. The molecule has 0 aliphatic carbocycles. The van der Waals surface area contributed by atoms with Crippen LogP contribution >= 0.6 is 15.9 Å². The lowest BCUT2D eigenvalue weighted by atomic mass is 10.3. The Labute approximate surface area is 77.2 Å². The normalized spacial score (nSPS) is 10.0. The minimum Gasteiger partial charge on any atom is -0.359 e. The highest BCUT2D eigenvalue weighted by atomic mass is 79.9. The summed E-state index contributed by atoms with van der Waals surface area (Å²) >= 11 is 3.25. The Morgan fingerprint density at radius 3 is 3.08 bits per heavy atom. The molecule has 0 aromatic carbocycles. The first-order valence-corrected chi connectivity index (χ1v) is 4.14. The number of fused-ring (bicyclic) bond motifs is 1. The van der Waals surface area contributed by atoms with E-state index in [1.807, 2.05) is 12.1 Å². The van der Waals surface area contributed by atoms with Gasteiger partial charge in [-0.2, -0.15) is 5.26 Å². The fourth-order valence-corrected chi connectivity index (χ4v) is 1.37. The number of hydrogen-bond acceptors (Lipinski definition) is 2. The first-order chi connectivity index (χ1) is 5.81. The molecule has 0 spiro atoms. The van der Waals surface area contributed by atoms with Crippen LogP contribution in [0.25, 0.3) is 11.0 Å². The van der Waals surface area contributed by atoms with Gasteiger partial charge in [0.1, 0.15) is 16.2 Å². The molecule has 4 heteroatoms. The number of nitrogens with zero attached hydrogens (tertiary/aromatic N) is 2. The number of aromatic amines is 1. The van der Waals surface area contributed by atoms with Crippen molar-refractivity contribution in [3.05, 3.63) is 28.5 Å². The number of rotatable bonds is 0. The minimum atomic E-state index is 0.575. The van der Waals surface area contributed by atoms with E-state index in [1.54, 1.807) is 6.20 Å². The third-order valence-electron chi connectivity index (χ3n) is 1.61. The second-order valence-electron chi connectivity index (χ2n) is 2.34. The molecule has 0 saturated carbocycles. The van der Waals surface area contributed by atoms with Crippen molar-refractivity contribution in [1.82, 2.24) is 9.97 Å². The number of aromatic nitrogens is 2. The molecule has 0 saturated heterocycles. The van der Waals surface area contributed by atoms with E-state index in [0.29, 0.717) is 11.1 Å². The van der Waals surface area contributed by atoms with Crippen LogP contribution in [0.3, 0.4) is 0 Å². The molecule has 0 fully saturated rings. The van der Waals surface area contributed by atoms with Crippen LogP contribution in [0.2, 0.25) is 0 Å².